The number of sulfone groups is 1. The first kappa shape index (κ1) is 14.5. The largest absolute Gasteiger partial charge is 0.389 e. The van der Waals surface area contributed by atoms with Crippen molar-refractivity contribution in [2.75, 3.05) is 17.8 Å². The standard InChI is InChI=1S/C12H18O3S2/c1-10(13)11-5-3-6-12(9-11)16-7-4-8-17(2,14)15/h3,5-6,9-10,13H,4,7-8H2,1-2H3. The van der Waals surface area contributed by atoms with E-state index in [1.807, 2.05) is 24.3 Å². The number of benzene rings is 1. The Morgan fingerprint density at radius 2 is 2.12 bits per heavy atom. The molecule has 0 bridgehead atoms. The fourth-order valence-corrected chi connectivity index (χ4v) is 3.15. The van der Waals surface area contributed by atoms with Crippen molar-refractivity contribution in [1.29, 1.82) is 0 Å². The van der Waals surface area contributed by atoms with Crippen LogP contribution in [0.3, 0.4) is 0 Å². The molecule has 0 amide bonds. The molecule has 17 heavy (non-hydrogen) atoms. The van der Waals surface area contributed by atoms with Crippen LogP contribution in [0.1, 0.15) is 25.0 Å². The molecule has 1 unspecified atom stereocenters. The average Bonchev–Trinajstić information content (AvgIpc) is 2.23. The minimum Gasteiger partial charge on any atom is -0.389 e. The molecule has 1 aromatic carbocycles. The van der Waals surface area contributed by atoms with E-state index in [-0.39, 0.29) is 5.75 Å². The van der Waals surface area contributed by atoms with Crippen molar-refractivity contribution >= 4 is 21.6 Å². The van der Waals surface area contributed by atoms with E-state index >= 15 is 0 Å². The van der Waals surface area contributed by atoms with Crippen LogP contribution in [0.2, 0.25) is 0 Å². The number of thioether (sulfide) groups is 1. The van der Waals surface area contributed by atoms with Gasteiger partial charge in [-0.25, -0.2) is 8.42 Å². The molecule has 0 saturated heterocycles. The van der Waals surface area contributed by atoms with Gasteiger partial charge >= 0.3 is 0 Å². The van der Waals surface area contributed by atoms with Crippen molar-refractivity contribution in [3.05, 3.63) is 29.8 Å². The van der Waals surface area contributed by atoms with Crippen molar-refractivity contribution in [2.45, 2.75) is 24.3 Å². The van der Waals surface area contributed by atoms with Crippen molar-refractivity contribution in [2.24, 2.45) is 0 Å². The predicted molar refractivity (Wildman–Crippen MR) is 72.1 cm³/mol. The van der Waals surface area contributed by atoms with Crippen LogP contribution in [-0.2, 0) is 9.84 Å². The van der Waals surface area contributed by atoms with Crippen LogP contribution in [0.15, 0.2) is 29.2 Å². The van der Waals surface area contributed by atoms with Gasteiger partial charge in [-0.2, -0.15) is 0 Å². The summed E-state index contributed by atoms with van der Waals surface area (Å²) in [5.41, 5.74) is 0.887. The normalized spacial score (nSPS) is 13.6. The molecule has 0 aliphatic carbocycles. The summed E-state index contributed by atoms with van der Waals surface area (Å²) >= 11 is 1.62. The van der Waals surface area contributed by atoms with Gasteiger partial charge in [0.05, 0.1) is 11.9 Å². The second kappa shape index (κ2) is 6.42. The minimum absolute atomic E-state index is 0.232. The molecular weight excluding hydrogens is 256 g/mol. The third kappa shape index (κ3) is 6.10. The van der Waals surface area contributed by atoms with E-state index in [4.69, 9.17) is 0 Å². The zero-order chi connectivity index (χ0) is 12.9. The lowest BCUT2D eigenvalue weighted by molar-refractivity contribution is 0.199. The molecule has 0 radical (unpaired) electrons. The lowest BCUT2D eigenvalue weighted by atomic mass is 10.1. The Labute approximate surface area is 107 Å². The molecule has 0 spiro atoms. The van der Waals surface area contributed by atoms with E-state index in [0.717, 1.165) is 16.2 Å². The summed E-state index contributed by atoms with van der Waals surface area (Å²) < 4.78 is 21.9. The van der Waals surface area contributed by atoms with Crippen LogP contribution >= 0.6 is 11.8 Å². The van der Waals surface area contributed by atoms with Gasteiger partial charge in [-0.3, -0.25) is 0 Å². The van der Waals surface area contributed by atoms with E-state index in [1.165, 1.54) is 6.26 Å². The summed E-state index contributed by atoms with van der Waals surface area (Å²) in [5, 5.41) is 9.44. The van der Waals surface area contributed by atoms with E-state index in [2.05, 4.69) is 0 Å². The van der Waals surface area contributed by atoms with Gasteiger partial charge in [0.15, 0.2) is 0 Å². The molecule has 1 rings (SSSR count). The Hall–Kier alpha value is -0.520. The molecular formula is C12H18O3S2. The van der Waals surface area contributed by atoms with Crippen molar-refractivity contribution < 1.29 is 13.5 Å². The maximum absolute atomic E-state index is 10.9. The number of hydrogen-bond acceptors (Lipinski definition) is 4. The molecule has 0 aliphatic rings. The summed E-state index contributed by atoms with van der Waals surface area (Å²) in [6.07, 6.45) is 1.44. The summed E-state index contributed by atoms with van der Waals surface area (Å²) in [7, 11) is -2.85. The summed E-state index contributed by atoms with van der Waals surface area (Å²) in [6, 6.07) is 7.69. The second-order valence-corrected chi connectivity index (χ2v) is 7.51. The smallest absolute Gasteiger partial charge is 0.147 e. The molecule has 0 heterocycles. The highest BCUT2D eigenvalue weighted by molar-refractivity contribution is 7.99. The van der Waals surface area contributed by atoms with Crippen LogP contribution in [-0.4, -0.2) is 31.3 Å². The molecule has 0 saturated carbocycles. The highest BCUT2D eigenvalue weighted by Crippen LogP contribution is 2.22. The topological polar surface area (TPSA) is 54.4 Å². The first-order valence-corrected chi connectivity index (χ1v) is 8.51. The zero-order valence-electron chi connectivity index (χ0n) is 10.1. The molecule has 96 valence electrons. The quantitative estimate of drug-likeness (QED) is 0.638. The van der Waals surface area contributed by atoms with Crippen molar-refractivity contribution in [3.63, 3.8) is 0 Å². The van der Waals surface area contributed by atoms with E-state index in [1.54, 1.807) is 18.7 Å². The fourth-order valence-electron chi connectivity index (χ4n) is 1.38. The van der Waals surface area contributed by atoms with Crippen LogP contribution in [0.25, 0.3) is 0 Å². The van der Waals surface area contributed by atoms with Crippen molar-refractivity contribution in [3.8, 4) is 0 Å². The molecule has 0 fully saturated rings. The van der Waals surface area contributed by atoms with Crippen LogP contribution in [0.5, 0.6) is 0 Å². The van der Waals surface area contributed by atoms with Gasteiger partial charge in [-0.05, 0) is 36.8 Å². The number of hydrogen-bond donors (Lipinski definition) is 1. The highest BCUT2D eigenvalue weighted by Gasteiger charge is 2.04. The van der Waals surface area contributed by atoms with Gasteiger partial charge < -0.3 is 5.11 Å². The van der Waals surface area contributed by atoms with E-state index in [9.17, 15) is 13.5 Å². The Morgan fingerprint density at radius 1 is 1.41 bits per heavy atom. The molecule has 1 N–H and O–H groups in total. The minimum atomic E-state index is -2.85. The van der Waals surface area contributed by atoms with Gasteiger partial charge in [-0.1, -0.05) is 12.1 Å². The Morgan fingerprint density at radius 3 is 2.71 bits per heavy atom. The van der Waals surface area contributed by atoms with E-state index in [0.29, 0.717) is 6.42 Å². The number of aliphatic hydroxyl groups is 1. The van der Waals surface area contributed by atoms with Crippen LogP contribution < -0.4 is 0 Å². The van der Waals surface area contributed by atoms with Crippen molar-refractivity contribution in [1.82, 2.24) is 0 Å². The predicted octanol–water partition coefficient (Wildman–Crippen LogP) is 2.27. The first-order valence-electron chi connectivity index (χ1n) is 5.47. The Bertz CT molecular complexity index is 453. The average molecular weight is 274 g/mol. The third-order valence-electron chi connectivity index (χ3n) is 2.27. The summed E-state index contributed by atoms with van der Waals surface area (Å²) in [4.78, 5) is 1.07. The zero-order valence-corrected chi connectivity index (χ0v) is 11.7. The fraction of sp³-hybridized carbons (Fsp3) is 0.500. The molecule has 5 heteroatoms. The highest BCUT2D eigenvalue weighted by atomic mass is 32.2. The SMILES string of the molecule is CC(O)c1cccc(SCCCS(C)(=O)=O)c1. The maximum Gasteiger partial charge on any atom is 0.147 e. The summed E-state index contributed by atoms with van der Waals surface area (Å²) in [5.74, 6) is 1.01. The number of aliphatic hydroxyl groups excluding tert-OH is 1. The van der Waals surface area contributed by atoms with Gasteiger partial charge in [0.1, 0.15) is 9.84 Å². The van der Waals surface area contributed by atoms with Gasteiger partial charge in [-0.15, -0.1) is 11.8 Å². The first-order chi connectivity index (χ1) is 7.88. The molecule has 3 nitrogen and oxygen atoms in total. The third-order valence-corrected chi connectivity index (χ3v) is 4.38. The van der Waals surface area contributed by atoms with E-state index < -0.39 is 15.9 Å². The van der Waals surface area contributed by atoms with Crippen LogP contribution in [0.4, 0.5) is 0 Å². The molecule has 0 aromatic heterocycles. The second-order valence-electron chi connectivity index (χ2n) is 4.08. The maximum atomic E-state index is 10.9. The van der Waals surface area contributed by atoms with Gasteiger partial charge in [0.2, 0.25) is 0 Å². The lowest BCUT2D eigenvalue weighted by Crippen LogP contribution is -2.03. The van der Waals surface area contributed by atoms with Crippen LogP contribution in [0, 0.1) is 0 Å². The molecule has 0 aliphatic heterocycles. The lowest BCUT2D eigenvalue weighted by Gasteiger charge is -2.07. The molecule has 1 aromatic rings. The van der Waals surface area contributed by atoms with Gasteiger partial charge in [0.25, 0.3) is 0 Å². The summed E-state index contributed by atoms with van der Waals surface area (Å²) in [6.45, 7) is 1.73. The number of rotatable bonds is 6. The molecule has 1 atom stereocenters. The Kier molecular flexibility index (Phi) is 5.49. The monoisotopic (exact) mass is 274 g/mol. The van der Waals surface area contributed by atoms with Gasteiger partial charge in [0, 0.05) is 11.2 Å². The Balaban J connectivity index is 2.44.